The maximum atomic E-state index is 12.7. The summed E-state index contributed by atoms with van der Waals surface area (Å²) in [4.78, 5) is 25.3. The quantitative estimate of drug-likeness (QED) is 0.583. The van der Waals surface area contributed by atoms with Crippen LogP contribution in [0.2, 0.25) is 0 Å². The molecule has 0 spiro atoms. The van der Waals surface area contributed by atoms with Gasteiger partial charge in [-0.05, 0) is 18.2 Å². The van der Waals surface area contributed by atoms with E-state index in [1.807, 2.05) is 36.4 Å². The average molecular weight is 332 g/mol. The number of imidazole rings is 1. The van der Waals surface area contributed by atoms with Crippen molar-refractivity contribution in [2.24, 2.45) is 7.05 Å². The number of hydrogen-bond donors (Lipinski definition) is 1. The molecule has 5 heteroatoms. The van der Waals surface area contributed by atoms with E-state index in [4.69, 9.17) is 0 Å². The van der Waals surface area contributed by atoms with Gasteiger partial charge in [0, 0.05) is 27.9 Å². The molecule has 0 unspecified atom stereocenters. The first-order chi connectivity index (χ1) is 12.1. The van der Waals surface area contributed by atoms with Crippen LogP contribution in [0.5, 0.6) is 0 Å². The zero-order chi connectivity index (χ0) is 17.4. The molecule has 0 radical (unpaired) electrons. The second-order valence-corrected chi connectivity index (χ2v) is 6.21. The molecule has 1 heterocycles. The number of fused-ring (bicyclic) bond motifs is 2. The second kappa shape index (κ2) is 6.02. The Hall–Kier alpha value is -3.21. The van der Waals surface area contributed by atoms with Gasteiger partial charge >= 0.3 is 0 Å². The van der Waals surface area contributed by atoms with Gasteiger partial charge < -0.3 is 5.32 Å². The lowest BCUT2D eigenvalue weighted by molar-refractivity contribution is -0.693. The molecule has 1 aliphatic carbocycles. The van der Waals surface area contributed by atoms with E-state index in [-0.39, 0.29) is 11.6 Å². The molecule has 0 saturated carbocycles. The monoisotopic (exact) mass is 332 g/mol. The standard InChI is InChI=1S/C20H17N3O2/c1-22-10-11-23(13-22)9-8-21-14-6-7-17-18(12-14)20(25)16-5-3-2-4-15(16)19(17)24/h2-7,10-13H,8-9H2,1H3/p+1. The number of anilines is 1. The van der Waals surface area contributed by atoms with Crippen LogP contribution in [0.15, 0.2) is 61.2 Å². The smallest absolute Gasteiger partial charge is 0.243 e. The summed E-state index contributed by atoms with van der Waals surface area (Å²) < 4.78 is 4.07. The summed E-state index contributed by atoms with van der Waals surface area (Å²) in [5.74, 6) is -0.178. The summed E-state index contributed by atoms with van der Waals surface area (Å²) in [6, 6.07) is 12.4. The zero-order valence-electron chi connectivity index (χ0n) is 13.9. The van der Waals surface area contributed by atoms with Crippen molar-refractivity contribution in [2.45, 2.75) is 6.54 Å². The first kappa shape index (κ1) is 15.3. The highest BCUT2D eigenvalue weighted by atomic mass is 16.1. The molecule has 5 nitrogen and oxygen atoms in total. The van der Waals surface area contributed by atoms with Crippen LogP contribution >= 0.6 is 0 Å². The van der Waals surface area contributed by atoms with Crippen LogP contribution < -0.4 is 9.88 Å². The Bertz CT molecular complexity index is 988. The Labute approximate surface area is 145 Å². The summed E-state index contributed by atoms with van der Waals surface area (Å²) in [6.45, 7) is 1.54. The number of nitrogens with one attached hydrogen (secondary N) is 1. The van der Waals surface area contributed by atoms with Gasteiger partial charge in [0.25, 0.3) is 0 Å². The van der Waals surface area contributed by atoms with Crippen LogP contribution in [0.25, 0.3) is 0 Å². The van der Waals surface area contributed by atoms with E-state index >= 15 is 0 Å². The van der Waals surface area contributed by atoms with Crippen molar-refractivity contribution in [2.75, 3.05) is 11.9 Å². The predicted molar refractivity (Wildman–Crippen MR) is 93.8 cm³/mol. The number of aryl methyl sites for hydroxylation is 1. The van der Waals surface area contributed by atoms with Gasteiger partial charge in [-0.3, -0.25) is 9.59 Å². The number of aromatic nitrogens is 2. The van der Waals surface area contributed by atoms with Crippen molar-refractivity contribution in [3.05, 3.63) is 83.4 Å². The Balaban J connectivity index is 1.55. The first-order valence-electron chi connectivity index (χ1n) is 8.21. The lowest BCUT2D eigenvalue weighted by atomic mass is 9.84. The van der Waals surface area contributed by atoms with Crippen LogP contribution in [0.1, 0.15) is 31.8 Å². The van der Waals surface area contributed by atoms with E-state index in [0.717, 1.165) is 18.8 Å². The maximum absolute atomic E-state index is 12.7. The van der Waals surface area contributed by atoms with Crippen molar-refractivity contribution < 1.29 is 14.2 Å². The van der Waals surface area contributed by atoms with Crippen molar-refractivity contribution in [1.29, 1.82) is 0 Å². The van der Waals surface area contributed by atoms with Crippen LogP contribution in [0, 0.1) is 0 Å². The third-order valence-corrected chi connectivity index (χ3v) is 4.45. The van der Waals surface area contributed by atoms with Gasteiger partial charge in [0.1, 0.15) is 18.9 Å². The molecule has 0 saturated heterocycles. The fraction of sp³-hybridized carbons (Fsp3) is 0.150. The minimum atomic E-state index is -0.0914. The largest absolute Gasteiger partial charge is 0.381 e. The van der Waals surface area contributed by atoms with Crippen LogP contribution in [0.4, 0.5) is 5.69 Å². The lowest BCUT2D eigenvalue weighted by Gasteiger charge is -2.18. The molecule has 1 N–H and O–H groups in total. The molecule has 3 aromatic rings. The number of rotatable bonds is 4. The Kier molecular flexibility index (Phi) is 3.69. The topological polar surface area (TPSA) is 55.0 Å². The molecule has 4 rings (SSSR count). The minimum absolute atomic E-state index is 0.0865. The molecule has 25 heavy (non-hydrogen) atoms. The second-order valence-electron chi connectivity index (χ2n) is 6.21. The third-order valence-electron chi connectivity index (χ3n) is 4.45. The molecule has 0 aliphatic heterocycles. The molecule has 1 aromatic heterocycles. The average Bonchev–Trinajstić information content (AvgIpc) is 3.05. The van der Waals surface area contributed by atoms with Gasteiger partial charge in [0.2, 0.25) is 6.33 Å². The van der Waals surface area contributed by atoms with Gasteiger partial charge in [0.15, 0.2) is 11.6 Å². The molecule has 124 valence electrons. The van der Waals surface area contributed by atoms with Crippen LogP contribution in [-0.2, 0) is 13.6 Å². The SMILES string of the molecule is Cn1cc[n+](CCNc2ccc3c(c2)C(=O)c2ccccc2C3=O)c1. The van der Waals surface area contributed by atoms with Gasteiger partial charge in [-0.25, -0.2) is 9.13 Å². The number of carbonyl (C=O) groups is 2. The fourth-order valence-electron chi connectivity index (χ4n) is 3.17. The summed E-state index contributed by atoms with van der Waals surface area (Å²) in [5, 5.41) is 3.32. The number of carbonyl (C=O) groups excluding carboxylic acids is 2. The molecule has 0 bridgehead atoms. The Morgan fingerprint density at radius 2 is 1.64 bits per heavy atom. The van der Waals surface area contributed by atoms with E-state index in [1.165, 1.54) is 0 Å². The maximum Gasteiger partial charge on any atom is 0.243 e. The highest BCUT2D eigenvalue weighted by molar-refractivity contribution is 6.28. The summed E-state index contributed by atoms with van der Waals surface area (Å²) in [6.07, 6.45) is 6.00. The van der Waals surface area contributed by atoms with Gasteiger partial charge in [-0.1, -0.05) is 24.3 Å². The molecule has 0 fully saturated rings. The molecule has 2 aromatic carbocycles. The number of nitrogens with zero attached hydrogens (tertiary/aromatic N) is 2. The van der Waals surface area contributed by atoms with Crippen molar-refractivity contribution in [3.63, 3.8) is 0 Å². The molecule has 1 aliphatic rings. The highest BCUT2D eigenvalue weighted by Gasteiger charge is 2.29. The Morgan fingerprint density at radius 3 is 2.32 bits per heavy atom. The van der Waals surface area contributed by atoms with Crippen LogP contribution in [0.3, 0.4) is 0 Å². The number of hydrogen-bond acceptors (Lipinski definition) is 3. The van der Waals surface area contributed by atoms with Crippen molar-refractivity contribution >= 4 is 17.3 Å². The number of benzene rings is 2. The van der Waals surface area contributed by atoms with E-state index in [9.17, 15) is 9.59 Å². The van der Waals surface area contributed by atoms with Gasteiger partial charge in [-0.2, -0.15) is 0 Å². The van der Waals surface area contributed by atoms with Gasteiger partial charge in [0.05, 0.1) is 13.6 Å². The summed E-state index contributed by atoms with van der Waals surface area (Å²) in [5.41, 5.74) is 2.77. The molecular weight excluding hydrogens is 314 g/mol. The fourth-order valence-corrected chi connectivity index (χ4v) is 3.17. The summed E-state index contributed by atoms with van der Waals surface area (Å²) >= 11 is 0. The lowest BCUT2D eigenvalue weighted by Crippen LogP contribution is -2.34. The van der Waals surface area contributed by atoms with E-state index in [1.54, 1.807) is 36.4 Å². The minimum Gasteiger partial charge on any atom is -0.381 e. The molecule has 0 atom stereocenters. The third kappa shape index (κ3) is 2.74. The highest BCUT2D eigenvalue weighted by Crippen LogP contribution is 2.28. The first-order valence-corrected chi connectivity index (χ1v) is 8.21. The van der Waals surface area contributed by atoms with E-state index in [2.05, 4.69) is 9.88 Å². The van der Waals surface area contributed by atoms with Crippen molar-refractivity contribution in [3.8, 4) is 0 Å². The van der Waals surface area contributed by atoms with E-state index < -0.39 is 0 Å². The summed E-state index contributed by atoms with van der Waals surface area (Å²) in [7, 11) is 1.98. The normalized spacial score (nSPS) is 12.7. The van der Waals surface area contributed by atoms with E-state index in [0.29, 0.717) is 22.3 Å². The predicted octanol–water partition coefficient (Wildman–Crippen LogP) is 2.20. The number of ketones is 2. The van der Waals surface area contributed by atoms with Crippen LogP contribution in [-0.4, -0.2) is 22.7 Å². The molecule has 0 amide bonds. The molecular formula is C20H18N3O2+. The van der Waals surface area contributed by atoms with Gasteiger partial charge in [-0.15, -0.1) is 0 Å². The Morgan fingerprint density at radius 1 is 0.960 bits per heavy atom. The van der Waals surface area contributed by atoms with Crippen molar-refractivity contribution in [1.82, 2.24) is 4.57 Å². The zero-order valence-corrected chi connectivity index (χ0v) is 13.9.